The molecule has 0 aliphatic carbocycles. The standard InChI is InChI=1S/C18H26N4O3/c1-19-18(25)13-5-7-20-16(11-13)21-9-6-15-14(12-21)3-4-17(24)22(15)8-2-10-23/h5,7,11,14-15,23H,2-4,6,8-10,12H2,1H3,(H,19,25)/t14-,15+/m0/s1. The van der Waals surface area contributed by atoms with Crippen LogP contribution in [0.4, 0.5) is 5.82 Å². The highest BCUT2D eigenvalue weighted by molar-refractivity contribution is 5.94. The number of fused-ring (bicyclic) bond motifs is 1. The van der Waals surface area contributed by atoms with E-state index >= 15 is 0 Å². The number of piperidine rings is 2. The first-order chi connectivity index (χ1) is 12.1. The smallest absolute Gasteiger partial charge is 0.251 e. The van der Waals surface area contributed by atoms with Crippen molar-refractivity contribution in [2.45, 2.75) is 31.7 Å². The molecule has 136 valence electrons. The van der Waals surface area contributed by atoms with Gasteiger partial charge >= 0.3 is 0 Å². The summed E-state index contributed by atoms with van der Waals surface area (Å²) in [6.07, 6.45) is 4.67. The number of aliphatic hydroxyl groups excluding tert-OH is 1. The molecule has 0 unspecified atom stereocenters. The molecule has 1 aromatic rings. The van der Waals surface area contributed by atoms with Gasteiger partial charge in [-0.3, -0.25) is 9.59 Å². The molecule has 3 rings (SSSR count). The van der Waals surface area contributed by atoms with Crippen molar-refractivity contribution >= 4 is 17.6 Å². The number of nitrogens with zero attached hydrogens (tertiary/aromatic N) is 3. The zero-order valence-electron chi connectivity index (χ0n) is 14.6. The first kappa shape index (κ1) is 17.7. The van der Waals surface area contributed by atoms with Crippen LogP contribution < -0.4 is 10.2 Å². The molecule has 2 saturated heterocycles. The SMILES string of the molecule is CNC(=O)c1ccnc(N2CC[C@@H]3[C@@H](CCC(=O)N3CCCO)C2)c1. The van der Waals surface area contributed by atoms with E-state index in [0.29, 0.717) is 30.9 Å². The van der Waals surface area contributed by atoms with E-state index in [-0.39, 0.29) is 24.5 Å². The van der Waals surface area contributed by atoms with Gasteiger partial charge in [0.1, 0.15) is 5.82 Å². The minimum atomic E-state index is -0.114. The maximum absolute atomic E-state index is 12.2. The molecule has 2 N–H and O–H groups in total. The summed E-state index contributed by atoms with van der Waals surface area (Å²) in [6.45, 7) is 2.41. The second-order valence-electron chi connectivity index (χ2n) is 6.75. The first-order valence-corrected chi connectivity index (χ1v) is 8.97. The van der Waals surface area contributed by atoms with Crippen molar-refractivity contribution in [3.8, 4) is 0 Å². The summed E-state index contributed by atoms with van der Waals surface area (Å²) in [6, 6.07) is 3.80. The second kappa shape index (κ2) is 7.82. The summed E-state index contributed by atoms with van der Waals surface area (Å²) in [5.41, 5.74) is 0.609. The Labute approximate surface area is 148 Å². The average molecular weight is 346 g/mol. The summed E-state index contributed by atoms with van der Waals surface area (Å²) in [5.74, 6) is 1.33. The van der Waals surface area contributed by atoms with Gasteiger partial charge in [-0.05, 0) is 37.3 Å². The molecule has 2 fully saturated rings. The van der Waals surface area contributed by atoms with Crippen LogP contribution in [0.25, 0.3) is 0 Å². The Hall–Kier alpha value is -2.15. The van der Waals surface area contributed by atoms with Gasteiger partial charge in [-0.15, -0.1) is 0 Å². The van der Waals surface area contributed by atoms with E-state index in [1.807, 2.05) is 11.0 Å². The zero-order chi connectivity index (χ0) is 17.8. The van der Waals surface area contributed by atoms with Crippen molar-refractivity contribution in [2.24, 2.45) is 5.92 Å². The molecule has 2 aliphatic heterocycles. The monoisotopic (exact) mass is 346 g/mol. The molecule has 0 spiro atoms. The van der Waals surface area contributed by atoms with Crippen molar-refractivity contribution in [1.29, 1.82) is 0 Å². The van der Waals surface area contributed by atoms with Gasteiger partial charge in [-0.2, -0.15) is 0 Å². The van der Waals surface area contributed by atoms with E-state index in [4.69, 9.17) is 5.11 Å². The summed E-state index contributed by atoms with van der Waals surface area (Å²) in [4.78, 5) is 32.7. The summed E-state index contributed by atoms with van der Waals surface area (Å²) in [7, 11) is 1.62. The Morgan fingerprint density at radius 1 is 1.44 bits per heavy atom. The van der Waals surface area contributed by atoms with Crippen LogP contribution in [0.1, 0.15) is 36.0 Å². The molecule has 0 aromatic carbocycles. The van der Waals surface area contributed by atoms with Crippen LogP contribution in [0.5, 0.6) is 0 Å². The Morgan fingerprint density at radius 3 is 3.04 bits per heavy atom. The third kappa shape index (κ3) is 3.76. The number of hydrogen-bond donors (Lipinski definition) is 2. The molecular weight excluding hydrogens is 320 g/mol. The Bertz CT molecular complexity index is 637. The maximum Gasteiger partial charge on any atom is 0.251 e. The number of rotatable bonds is 5. The van der Waals surface area contributed by atoms with Gasteiger partial charge in [0, 0.05) is 57.5 Å². The lowest BCUT2D eigenvalue weighted by atomic mass is 9.83. The van der Waals surface area contributed by atoms with Gasteiger partial charge in [0.15, 0.2) is 0 Å². The fraction of sp³-hybridized carbons (Fsp3) is 0.611. The van der Waals surface area contributed by atoms with Gasteiger partial charge < -0.3 is 20.2 Å². The molecular formula is C18H26N4O3. The minimum absolute atomic E-state index is 0.114. The second-order valence-corrected chi connectivity index (χ2v) is 6.75. The third-order valence-corrected chi connectivity index (χ3v) is 5.26. The van der Waals surface area contributed by atoms with Crippen LogP contribution in [0.2, 0.25) is 0 Å². The number of anilines is 1. The predicted octanol–water partition coefficient (Wildman–Crippen LogP) is 0.641. The molecule has 1 aromatic heterocycles. The lowest BCUT2D eigenvalue weighted by Gasteiger charge is -2.47. The van der Waals surface area contributed by atoms with Gasteiger partial charge in [0.2, 0.25) is 5.91 Å². The maximum atomic E-state index is 12.2. The van der Waals surface area contributed by atoms with Crippen molar-refractivity contribution in [2.75, 3.05) is 38.2 Å². The number of carbonyl (C=O) groups is 2. The Kier molecular flexibility index (Phi) is 5.53. The molecule has 25 heavy (non-hydrogen) atoms. The highest BCUT2D eigenvalue weighted by Gasteiger charge is 2.39. The van der Waals surface area contributed by atoms with E-state index in [9.17, 15) is 9.59 Å². The summed E-state index contributed by atoms with van der Waals surface area (Å²) >= 11 is 0. The molecule has 0 radical (unpaired) electrons. The lowest BCUT2D eigenvalue weighted by Crippen LogP contribution is -2.56. The van der Waals surface area contributed by atoms with Gasteiger partial charge in [-0.1, -0.05) is 0 Å². The molecule has 7 heteroatoms. The van der Waals surface area contributed by atoms with Crippen molar-refractivity contribution in [3.63, 3.8) is 0 Å². The Morgan fingerprint density at radius 2 is 2.28 bits per heavy atom. The normalized spacial score (nSPS) is 23.4. The molecule has 2 amide bonds. The van der Waals surface area contributed by atoms with Crippen LogP contribution in [0.3, 0.4) is 0 Å². The van der Waals surface area contributed by atoms with Crippen LogP contribution in [-0.2, 0) is 4.79 Å². The number of aliphatic hydroxyl groups is 1. The first-order valence-electron chi connectivity index (χ1n) is 8.97. The van der Waals surface area contributed by atoms with Gasteiger partial charge in [0.05, 0.1) is 0 Å². The third-order valence-electron chi connectivity index (χ3n) is 5.26. The van der Waals surface area contributed by atoms with Crippen LogP contribution in [0, 0.1) is 5.92 Å². The average Bonchev–Trinajstić information content (AvgIpc) is 2.66. The largest absolute Gasteiger partial charge is 0.396 e. The Balaban J connectivity index is 1.71. The number of pyridine rings is 1. The summed E-state index contributed by atoms with van der Waals surface area (Å²) < 4.78 is 0. The van der Waals surface area contributed by atoms with Gasteiger partial charge in [0.25, 0.3) is 5.91 Å². The lowest BCUT2D eigenvalue weighted by molar-refractivity contribution is -0.139. The minimum Gasteiger partial charge on any atom is -0.396 e. The number of nitrogens with one attached hydrogen (secondary N) is 1. The quantitative estimate of drug-likeness (QED) is 0.817. The van der Waals surface area contributed by atoms with E-state index in [1.54, 1.807) is 19.3 Å². The molecule has 0 saturated carbocycles. The predicted molar refractivity (Wildman–Crippen MR) is 94.4 cm³/mol. The molecule has 2 atom stereocenters. The number of carbonyl (C=O) groups excluding carboxylic acids is 2. The molecule has 0 bridgehead atoms. The molecule has 7 nitrogen and oxygen atoms in total. The van der Waals surface area contributed by atoms with Crippen molar-refractivity contribution in [3.05, 3.63) is 23.9 Å². The number of aromatic nitrogens is 1. The highest BCUT2D eigenvalue weighted by Crippen LogP contribution is 2.33. The van der Waals surface area contributed by atoms with Gasteiger partial charge in [-0.25, -0.2) is 4.98 Å². The van der Waals surface area contributed by atoms with Crippen molar-refractivity contribution in [1.82, 2.24) is 15.2 Å². The summed E-state index contributed by atoms with van der Waals surface area (Å²) in [5, 5.41) is 11.7. The highest BCUT2D eigenvalue weighted by atomic mass is 16.3. The topological polar surface area (TPSA) is 85.8 Å². The van der Waals surface area contributed by atoms with E-state index in [2.05, 4.69) is 15.2 Å². The van der Waals surface area contributed by atoms with Crippen LogP contribution in [0.15, 0.2) is 18.3 Å². The fourth-order valence-corrected chi connectivity index (χ4v) is 3.97. The van der Waals surface area contributed by atoms with Crippen LogP contribution in [-0.4, -0.2) is 66.1 Å². The van der Waals surface area contributed by atoms with Crippen LogP contribution >= 0.6 is 0 Å². The molecule has 3 heterocycles. The zero-order valence-corrected chi connectivity index (χ0v) is 14.6. The van der Waals surface area contributed by atoms with E-state index in [0.717, 1.165) is 31.7 Å². The number of amides is 2. The van der Waals surface area contributed by atoms with E-state index in [1.165, 1.54) is 0 Å². The molecule has 2 aliphatic rings. The van der Waals surface area contributed by atoms with Crippen molar-refractivity contribution < 1.29 is 14.7 Å². The van der Waals surface area contributed by atoms with E-state index < -0.39 is 0 Å². The fourth-order valence-electron chi connectivity index (χ4n) is 3.97. The number of likely N-dealkylation sites (tertiary alicyclic amines) is 1. The number of hydrogen-bond acceptors (Lipinski definition) is 5.